The van der Waals surface area contributed by atoms with E-state index in [1.54, 1.807) is 18.9 Å². The van der Waals surface area contributed by atoms with Gasteiger partial charge in [0.05, 0.1) is 19.4 Å². The molecule has 0 bridgehead atoms. The molecule has 134 valence electrons. The predicted octanol–water partition coefficient (Wildman–Crippen LogP) is 2.35. The molecule has 0 aliphatic rings. The monoisotopic (exact) mass is 352 g/mol. The fourth-order valence-corrected chi connectivity index (χ4v) is 2.63. The van der Waals surface area contributed by atoms with Crippen LogP contribution in [0.3, 0.4) is 0 Å². The lowest BCUT2D eigenvalue weighted by molar-refractivity contribution is 0.0940. The highest BCUT2D eigenvalue weighted by atomic mass is 16.5. The average Bonchev–Trinajstić information content (AvgIpc) is 3.11. The van der Waals surface area contributed by atoms with Crippen molar-refractivity contribution in [2.24, 2.45) is 0 Å². The van der Waals surface area contributed by atoms with E-state index in [0.29, 0.717) is 12.2 Å². The smallest absolute Gasteiger partial charge is 0.274 e. The van der Waals surface area contributed by atoms with E-state index in [2.05, 4.69) is 15.6 Å². The molecule has 26 heavy (non-hydrogen) atoms. The minimum Gasteiger partial charge on any atom is -0.496 e. The zero-order valence-electron chi connectivity index (χ0n) is 14.7. The Balaban J connectivity index is 1.82. The van der Waals surface area contributed by atoms with Crippen LogP contribution in [0.5, 0.6) is 5.75 Å². The van der Waals surface area contributed by atoms with E-state index in [1.165, 1.54) is 0 Å². The van der Waals surface area contributed by atoms with Crippen molar-refractivity contribution >= 4 is 5.91 Å². The van der Waals surface area contributed by atoms with Gasteiger partial charge in [0.25, 0.3) is 5.91 Å². The fourth-order valence-electron chi connectivity index (χ4n) is 2.63. The van der Waals surface area contributed by atoms with E-state index in [9.17, 15) is 4.79 Å². The summed E-state index contributed by atoms with van der Waals surface area (Å²) in [5.74, 6) is 0.406. The van der Waals surface area contributed by atoms with Crippen molar-refractivity contribution in [2.45, 2.75) is 13.2 Å². The van der Waals surface area contributed by atoms with Crippen LogP contribution in [-0.2, 0) is 17.9 Å². The van der Waals surface area contributed by atoms with E-state index >= 15 is 0 Å². The Morgan fingerprint density at radius 3 is 2.54 bits per heavy atom. The summed E-state index contributed by atoms with van der Waals surface area (Å²) in [6, 6.07) is 17.0. The van der Waals surface area contributed by atoms with Crippen molar-refractivity contribution in [3.63, 3.8) is 0 Å². The number of amides is 1. The lowest BCUT2D eigenvalue weighted by atomic mass is 10.2. The number of para-hydroxylation sites is 2. The van der Waals surface area contributed by atoms with E-state index in [0.717, 1.165) is 17.0 Å². The number of rotatable bonds is 7. The highest BCUT2D eigenvalue weighted by Crippen LogP contribution is 2.18. The first-order valence-electron chi connectivity index (χ1n) is 8.13. The molecule has 1 N–H and O–H groups in total. The third kappa shape index (κ3) is 3.73. The molecule has 0 saturated heterocycles. The summed E-state index contributed by atoms with van der Waals surface area (Å²) < 4.78 is 12.2. The van der Waals surface area contributed by atoms with Crippen LogP contribution in [0.4, 0.5) is 0 Å². The topological polar surface area (TPSA) is 78.3 Å². The first-order valence-corrected chi connectivity index (χ1v) is 8.13. The number of aromatic nitrogens is 3. The molecule has 0 aliphatic carbocycles. The number of ether oxygens (including phenoxy) is 2. The van der Waals surface area contributed by atoms with Crippen LogP contribution >= 0.6 is 0 Å². The molecule has 1 aromatic heterocycles. The molecule has 0 unspecified atom stereocenters. The summed E-state index contributed by atoms with van der Waals surface area (Å²) in [7, 11) is 3.17. The number of nitrogens with one attached hydrogen (secondary N) is 1. The van der Waals surface area contributed by atoms with Crippen LogP contribution in [0.1, 0.15) is 21.7 Å². The number of carbonyl (C=O) groups is 1. The SMILES string of the molecule is COCc1c(C(=O)NCc2ccccc2OC)nnn1-c1ccccc1. The van der Waals surface area contributed by atoms with Crippen molar-refractivity contribution in [3.8, 4) is 11.4 Å². The van der Waals surface area contributed by atoms with Gasteiger partial charge >= 0.3 is 0 Å². The quantitative estimate of drug-likeness (QED) is 0.706. The standard InChI is InChI=1S/C19H20N4O3/c1-25-13-16-18(21-22-23(16)15-9-4-3-5-10-15)19(24)20-12-14-8-6-7-11-17(14)26-2/h3-11H,12-13H2,1-2H3,(H,20,24). The van der Waals surface area contributed by atoms with Gasteiger partial charge in [-0.25, -0.2) is 4.68 Å². The molecule has 0 radical (unpaired) electrons. The second kappa shape index (κ2) is 8.26. The summed E-state index contributed by atoms with van der Waals surface area (Å²) in [5.41, 5.74) is 2.53. The molecule has 1 heterocycles. The van der Waals surface area contributed by atoms with Gasteiger partial charge in [-0.05, 0) is 18.2 Å². The van der Waals surface area contributed by atoms with Gasteiger partial charge in [0.1, 0.15) is 11.4 Å². The Morgan fingerprint density at radius 2 is 1.81 bits per heavy atom. The van der Waals surface area contributed by atoms with E-state index in [-0.39, 0.29) is 18.2 Å². The Hall–Kier alpha value is -3.19. The Labute approximate surface area is 151 Å². The van der Waals surface area contributed by atoms with Crippen LogP contribution in [0, 0.1) is 0 Å². The molecule has 1 amide bonds. The van der Waals surface area contributed by atoms with Crippen molar-refractivity contribution in [1.29, 1.82) is 0 Å². The number of benzene rings is 2. The summed E-state index contributed by atoms with van der Waals surface area (Å²) in [6.45, 7) is 0.548. The van der Waals surface area contributed by atoms with Crippen molar-refractivity contribution < 1.29 is 14.3 Å². The molecule has 0 spiro atoms. The van der Waals surface area contributed by atoms with Crippen LogP contribution in [-0.4, -0.2) is 35.1 Å². The first kappa shape index (κ1) is 17.6. The Bertz CT molecular complexity index is 878. The Kier molecular flexibility index (Phi) is 5.60. The zero-order chi connectivity index (χ0) is 18.4. The Morgan fingerprint density at radius 1 is 1.08 bits per heavy atom. The lowest BCUT2D eigenvalue weighted by Gasteiger charge is -2.10. The van der Waals surface area contributed by atoms with Gasteiger partial charge in [0.15, 0.2) is 5.69 Å². The van der Waals surface area contributed by atoms with Gasteiger partial charge in [-0.1, -0.05) is 41.6 Å². The van der Waals surface area contributed by atoms with Crippen LogP contribution in [0.25, 0.3) is 5.69 Å². The van der Waals surface area contributed by atoms with Crippen LogP contribution in [0.15, 0.2) is 54.6 Å². The van der Waals surface area contributed by atoms with Crippen molar-refractivity contribution in [2.75, 3.05) is 14.2 Å². The minimum atomic E-state index is -0.315. The van der Waals surface area contributed by atoms with Gasteiger partial charge in [-0.2, -0.15) is 0 Å². The van der Waals surface area contributed by atoms with E-state index in [4.69, 9.17) is 9.47 Å². The van der Waals surface area contributed by atoms with Crippen molar-refractivity contribution in [3.05, 3.63) is 71.5 Å². The first-order chi connectivity index (χ1) is 12.7. The minimum absolute atomic E-state index is 0.222. The molecule has 0 atom stereocenters. The normalized spacial score (nSPS) is 10.5. The highest BCUT2D eigenvalue weighted by molar-refractivity contribution is 5.93. The maximum absolute atomic E-state index is 12.6. The molecule has 7 nitrogen and oxygen atoms in total. The number of hydrogen-bond acceptors (Lipinski definition) is 5. The second-order valence-electron chi connectivity index (χ2n) is 5.56. The van der Waals surface area contributed by atoms with Gasteiger partial charge in [-0.15, -0.1) is 5.10 Å². The van der Waals surface area contributed by atoms with Gasteiger partial charge < -0.3 is 14.8 Å². The second-order valence-corrected chi connectivity index (χ2v) is 5.56. The van der Waals surface area contributed by atoms with E-state index < -0.39 is 0 Å². The summed E-state index contributed by atoms with van der Waals surface area (Å²) in [4.78, 5) is 12.6. The lowest BCUT2D eigenvalue weighted by Crippen LogP contribution is -2.25. The number of hydrogen-bond donors (Lipinski definition) is 1. The maximum atomic E-state index is 12.6. The summed E-state index contributed by atoms with van der Waals surface area (Å²) in [5, 5.41) is 11.0. The van der Waals surface area contributed by atoms with Gasteiger partial charge in [0.2, 0.25) is 0 Å². The van der Waals surface area contributed by atoms with Gasteiger partial charge in [0, 0.05) is 19.2 Å². The number of carbonyl (C=O) groups excluding carboxylic acids is 1. The molecule has 7 heteroatoms. The van der Waals surface area contributed by atoms with Crippen LogP contribution in [0.2, 0.25) is 0 Å². The molecule has 3 rings (SSSR count). The van der Waals surface area contributed by atoms with Gasteiger partial charge in [-0.3, -0.25) is 4.79 Å². The largest absolute Gasteiger partial charge is 0.496 e. The summed E-state index contributed by atoms with van der Waals surface area (Å²) >= 11 is 0. The third-order valence-electron chi connectivity index (χ3n) is 3.89. The van der Waals surface area contributed by atoms with Crippen molar-refractivity contribution in [1.82, 2.24) is 20.3 Å². The molecular weight excluding hydrogens is 332 g/mol. The third-order valence-corrected chi connectivity index (χ3v) is 3.89. The summed E-state index contributed by atoms with van der Waals surface area (Å²) in [6.07, 6.45) is 0. The number of nitrogens with zero attached hydrogens (tertiary/aromatic N) is 3. The predicted molar refractivity (Wildman–Crippen MR) is 96.2 cm³/mol. The fraction of sp³-hybridized carbons (Fsp3) is 0.211. The zero-order valence-corrected chi connectivity index (χ0v) is 14.7. The highest BCUT2D eigenvalue weighted by Gasteiger charge is 2.20. The maximum Gasteiger partial charge on any atom is 0.274 e. The van der Waals surface area contributed by atoms with Crippen LogP contribution < -0.4 is 10.1 Å². The molecule has 3 aromatic rings. The van der Waals surface area contributed by atoms with E-state index in [1.807, 2.05) is 54.6 Å². The number of methoxy groups -OCH3 is 2. The molecular formula is C19H20N4O3. The molecule has 0 fully saturated rings. The average molecular weight is 352 g/mol. The molecule has 0 aliphatic heterocycles. The molecule has 0 saturated carbocycles. The molecule has 2 aromatic carbocycles.